The topological polar surface area (TPSA) is 88.4 Å². The van der Waals surface area contributed by atoms with E-state index >= 15 is 0 Å². The molecule has 5 aromatic rings. The van der Waals surface area contributed by atoms with Crippen molar-refractivity contribution in [1.29, 1.82) is 0 Å². The molecule has 6 rings (SSSR count). The van der Waals surface area contributed by atoms with Crippen molar-refractivity contribution >= 4 is 29.1 Å². The number of para-hydroxylation sites is 1. The van der Waals surface area contributed by atoms with Gasteiger partial charge in [-0.05, 0) is 49.2 Å². The Morgan fingerprint density at radius 3 is 2.28 bits per heavy atom. The molecule has 0 aliphatic carbocycles. The van der Waals surface area contributed by atoms with Crippen LogP contribution in [0.25, 0.3) is 11.8 Å². The molecule has 1 aliphatic heterocycles. The van der Waals surface area contributed by atoms with E-state index in [9.17, 15) is 9.59 Å². The zero-order valence-electron chi connectivity index (χ0n) is 26.3. The first-order chi connectivity index (χ1) is 23.0. The summed E-state index contributed by atoms with van der Waals surface area (Å²) in [6, 6.07) is 31.5. The van der Waals surface area contributed by atoms with E-state index in [1.165, 1.54) is 11.3 Å². The van der Waals surface area contributed by atoms with E-state index in [-0.39, 0.29) is 17.7 Å². The van der Waals surface area contributed by atoms with Crippen molar-refractivity contribution in [2.24, 2.45) is 4.99 Å². The molecule has 0 bridgehead atoms. The molecule has 0 radical (unpaired) electrons. The number of thiazole rings is 1. The molecule has 0 saturated carbocycles. The third kappa shape index (κ3) is 6.62. The van der Waals surface area contributed by atoms with E-state index in [1.54, 1.807) is 24.7 Å². The highest BCUT2D eigenvalue weighted by Crippen LogP contribution is 2.36. The molecule has 9 heteroatoms. The van der Waals surface area contributed by atoms with Gasteiger partial charge in [0.15, 0.2) is 16.3 Å². The molecule has 2 heterocycles. The van der Waals surface area contributed by atoms with E-state index < -0.39 is 12.0 Å². The molecular weight excluding hydrogens is 612 g/mol. The molecule has 0 unspecified atom stereocenters. The van der Waals surface area contributed by atoms with Crippen LogP contribution in [0.1, 0.15) is 42.1 Å². The zero-order chi connectivity index (χ0) is 32.8. The van der Waals surface area contributed by atoms with Crippen molar-refractivity contribution in [2.45, 2.75) is 26.5 Å². The van der Waals surface area contributed by atoms with Crippen LogP contribution >= 0.6 is 11.3 Å². The molecule has 0 N–H and O–H groups in total. The Balaban J connectivity index is 1.55. The maximum Gasteiger partial charge on any atom is 0.338 e. The number of hydrogen-bond acceptors (Lipinski definition) is 8. The number of rotatable bonds is 11. The Kier molecular flexibility index (Phi) is 9.64. The third-order valence-electron chi connectivity index (χ3n) is 7.62. The highest BCUT2D eigenvalue weighted by atomic mass is 32.1. The van der Waals surface area contributed by atoms with E-state index in [1.807, 2.05) is 110 Å². The van der Waals surface area contributed by atoms with Crippen molar-refractivity contribution in [3.05, 3.63) is 151 Å². The Hall–Kier alpha value is -5.41. The number of hydrogen-bond donors (Lipinski definition) is 0. The van der Waals surface area contributed by atoms with Crippen LogP contribution in [0, 0.1) is 0 Å². The fourth-order valence-electron chi connectivity index (χ4n) is 5.50. The van der Waals surface area contributed by atoms with E-state index in [4.69, 9.17) is 23.9 Å². The predicted octanol–water partition coefficient (Wildman–Crippen LogP) is 5.92. The highest BCUT2D eigenvalue weighted by molar-refractivity contribution is 7.07. The maximum absolute atomic E-state index is 14.4. The minimum atomic E-state index is -0.794. The molecule has 0 amide bonds. The fraction of sp³-hybridized carbons (Fsp3) is 0.184. The average molecular weight is 647 g/mol. The first kappa shape index (κ1) is 31.6. The summed E-state index contributed by atoms with van der Waals surface area (Å²) in [4.78, 5) is 33.5. The summed E-state index contributed by atoms with van der Waals surface area (Å²) >= 11 is 1.25. The molecule has 1 aromatic heterocycles. The molecule has 8 nitrogen and oxygen atoms in total. The molecule has 0 saturated heterocycles. The summed E-state index contributed by atoms with van der Waals surface area (Å²) in [5.74, 6) is 1.22. The second-order valence-corrected chi connectivity index (χ2v) is 11.6. The second kappa shape index (κ2) is 14.3. The third-order valence-corrected chi connectivity index (χ3v) is 8.61. The summed E-state index contributed by atoms with van der Waals surface area (Å²) in [6.07, 6.45) is 1.79. The molecule has 4 aromatic carbocycles. The lowest BCUT2D eigenvalue weighted by Crippen LogP contribution is -2.40. The lowest BCUT2D eigenvalue weighted by Gasteiger charge is -2.26. The van der Waals surface area contributed by atoms with Gasteiger partial charge in [0, 0.05) is 11.1 Å². The first-order valence-corrected chi connectivity index (χ1v) is 16.2. The molecular formula is C38H34N2O6S. The lowest BCUT2D eigenvalue weighted by atomic mass is 9.93. The van der Waals surface area contributed by atoms with Gasteiger partial charge >= 0.3 is 5.97 Å². The van der Waals surface area contributed by atoms with Crippen LogP contribution in [0.4, 0.5) is 0 Å². The van der Waals surface area contributed by atoms with Crippen LogP contribution in [0.15, 0.2) is 118 Å². The lowest BCUT2D eigenvalue weighted by molar-refractivity contribution is -0.138. The van der Waals surface area contributed by atoms with Gasteiger partial charge in [0.25, 0.3) is 5.56 Å². The van der Waals surface area contributed by atoms with Gasteiger partial charge < -0.3 is 18.9 Å². The number of methoxy groups -OCH3 is 1. The summed E-state index contributed by atoms with van der Waals surface area (Å²) < 4.78 is 25.2. The van der Waals surface area contributed by atoms with Crippen molar-refractivity contribution in [3.63, 3.8) is 0 Å². The fourth-order valence-corrected chi connectivity index (χ4v) is 6.49. The summed E-state index contributed by atoms with van der Waals surface area (Å²) in [6.45, 7) is 4.69. The number of fused-ring (bicyclic) bond motifs is 1. The van der Waals surface area contributed by atoms with Crippen LogP contribution in [-0.4, -0.2) is 30.9 Å². The van der Waals surface area contributed by atoms with Crippen LogP contribution in [0.2, 0.25) is 0 Å². The predicted molar refractivity (Wildman–Crippen MR) is 182 cm³/mol. The van der Waals surface area contributed by atoms with Crippen LogP contribution in [0.3, 0.4) is 0 Å². The highest BCUT2D eigenvalue weighted by Gasteiger charge is 2.35. The van der Waals surface area contributed by atoms with Gasteiger partial charge in [0.2, 0.25) is 0 Å². The van der Waals surface area contributed by atoms with Gasteiger partial charge in [0.05, 0.1) is 42.2 Å². The Morgan fingerprint density at radius 1 is 0.872 bits per heavy atom. The molecule has 0 spiro atoms. The molecule has 0 fully saturated rings. The SMILES string of the molecule is CCOC(=O)C1=C(c2ccccc2)N=c2s/c(=C\c3cccc(OC)c3OCc3ccccc3)c(=O)n2[C@@H]1c1ccc(OCC)cc1. The minimum Gasteiger partial charge on any atom is -0.494 e. The monoisotopic (exact) mass is 646 g/mol. The molecule has 1 aliphatic rings. The van der Waals surface area contributed by atoms with Crippen molar-refractivity contribution in [2.75, 3.05) is 20.3 Å². The van der Waals surface area contributed by atoms with E-state index in [0.717, 1.165) is 16.7 Å². The molecule has 47 heavy (non-hydrogen) atoms. The average Bonchev–Trinajstić information content (AvgIpc) is 3.42. The molecule has 1 atom stereocenters. The van der Waals surface area contributed by atoms with Gasteiger partial charge in [-0.3, -0.25) is 9.36 Å². The number of nitrogens with zero attached hydrogens (tertiary/aromatic N) is 2. The Labute approximate surface area is 276 Å². The minimum absolute atomic E-state index is 0.173. The first-order valence-electron chi connectivity index (χ1n) is 15.4. The number of carbonyl (C=O) groups is 1. The van der Waals surface area contributed by atoms with Gasteiger partial charge in [-0.2, -0.15) is 0 Å². The van der Waals surface area contributed by atoms with Crippen molar-refractivity contribution in [1.82, 2.24) is 4.57 Å². The van der Waals surface area contributed by atoms with Crippen LogP contribution < -0.4 is 29.1 Å². The Morgan fingerprint density at radius 2 is 1.60 bits per heavy atom. The number of esters is 1. The smallest absolute Gasteiger partial charge is 0.338 e. The van der Waals surface area contributed by atoms with Crippen LogP contribution in [-0.2, 0) is 16.1 Å². The van der Waals surface area contributed by atoms with Gasteiger partial charge in [-0.15, -0.1) is 0 Å². The summed E-state index contributed by atoms with van der Waals surface area (Å²) in [5, 5.41) is 0. The van der Waals surface area contributed by atoms with Gasteiger partial charge in [-0.25, -0.2) is 9.79 Å². The normalized spacial score (nSPS) is 14.3. The maximum atomic E-state index is 14.4. The Bertz CT molecular complexity index is 2080. The molecule has 238 valence electrons. The number of carbonyl (C=O) groups excluding carboxylic acids is 1. The largest absolute Gasteiger partial charge is 0.494 e. The van der Waals surface area contributed by atoms with Crippen LogP contribution in [0.5, 0.6) is 17.2 Å². The summed E-state index contributed by atoms with van der Waals surface area (Å²) in [5.41, 5.74) is 3.60. The number of aromatic nitrogens is 1. The van der Waals surface area contributed by atoms with E-state index in [0.29, 0.717) is 51.1 Å². The quantitative estimate of drug-likeness (QED) is 0.166. The van der Waals surface area contributed by atoms with Crippen molar-refractivity contribution in [3.8, 4) is 17.2 Å². The van der Waals surface area contributed by atoms with Crippen molar-refractivity contribution < 1.29 is 23.7 Å². The number of benzene rings is 4. The van der Waals surface area contributed by atoms with Gasteiger partial charge in [-0.1, -0.05) is 96.3 Å². The van der Waals surface area contributed by atoms with Gasteiger partial charge in [0.1, 0.15) is 12.4 Å². The van der Waals surface area contributed by atoms with E-state index in [2.05, 4.69) is 0 Å². The zero-order valence-corrected chi connectivity index (χ0v) is 27.2. The number of ether oxygens (including phenoxy) is 4. The second-order valence-electron chi connectivity index (χ2n) is 10.6. The summed E-state index contributed by atoms with van der Waals surface area (Å²) in [7, 11) is 1.58. The standard InChI is InChI=1S/C38H34N2O6S/c1-4-44-29-21-19-27(20-22-29)34-32(37(42)45-5-2)33(26-15-10-7-11-16-26)39-38-40(34)36(41)31(47-38)23-28-17-12-18-30(43-3)35(28)46-24-25-13-8-6-9-14-25/h6-23,34H,4-5,24H2,1-3H3/b31-23-/t34-/m1/s1.